The Bertz CT molecular complexity index is 794. The van der Waals surface area contributed by atoms with Gasteiger partial charge in [-0.25, -0.2) is 9.78 Å². The molecular formula is C12H12BrN3O4S. The number of benzene rings is 1. The zero-order valence-corrected chi connectivity index (χ0v) is 13.6. The van der Waals surface area contributed by atoms with E-state index in [9.17, 15) is 13.2 Å². The number of carboxylic acid groups (broad SMARTS) is 1. The molecule has 0 atom stereocenters. The summed E-state index contributed by atoms with van der Waals surface area (Å²) in [5, 5.41) is 8.82. The molecule has 0 aliphatic rings. The summed E-state index contributed by atoms with van der Waals surface area (Å²) in [7, 11) is -2.20. The molecule has 0 unspecified atom stereocenters. The molecule has 0 aliphatic carbocycles. The van der Waals surface area contributed by atoms with Crippen LogP contribution in [-0.4, -0.2) is 29.0 Å². The third-order valence-electron chi connectivity index (χ3n) is 2.82. The van der Waals surface area contributed by atoms with E-state index < -0.39 is 16.0 Å². The van der Waals surface area contributed by atoms with Crippen LogP contribution in [0.15, 0.2) is 33.9 Å². The van der Waals surface area contributed by atoms with Gasteiger partial charge in [0.2, 0.25) is 0 Å². The molecule has 9 heteroatoms. The van der Waals surface area contributed by atoms with E-state index >= 15 is 0 Å². The van der Waals surface area contributed by atoms with Crippen LogP contribution in [0.2, 0.25) is 0 Å². The van der Waals surface area contributed by atoms with Gasteiger partial charge >= 0.3 is 5.97 Å². The predicted octanol–water partition coefficient (Wildman–Crippen LogP) is 1.99. The van der Waals surface area contributed by atoms with Crippen LogP contribution in [0.4, 0.5) is 5.69 Å². The first kappa shape index (κ1) is 15.5. The Balaban J connectivity index is 2.41. The Morgan fingerprint density at radius 3 is 2.62 bits per heavy atom. The summed E-state index contributed by atoms with van der Waals surface area (Å²) >= 11 is 3.18. The van der Waals surface area contributed by atoms with Gasteiger partial charge < -0.3 is 9.67 Å². The quantitative estimate of drug-likeness (QED) is 0.852. The number of nitrogens with zero attached hydrogens (tertiary/aromatic N) is 2. The molecular weight excluding hydrogens is 362 g/mol. The van der Waals surface area contributed by atoms with Crippen LogP contribution in [0.3, 0.4) is 0 Å². The van der Waals surface area contributed by atoms with Crippen molar-refractivity contribution in [2.75, 3.05) is 4.72 Å². The van der Waals surface area contributed by atoms with Gasteiger partial charge in [-0.05, 0) is 41.1 Å². The highest BCUT2D eigenvalue weighted by atomic mass is 79.9. The number of carboxylic acids is 1. The SMILES string of the molecule is Cc1nc(S(=O)(=O)Nc2cc(C(=O)O)ccc2Br)cn1C. The molecule has 1 heterocycles. The zero-order chi connectivity index (χ0) is 15.8. The van der Waals surface area contributed by atoms with Crippen molar-refractivity contribution in [1.82, 2.24) is 9.55 Å². The lowest BCUT2D eigenvalue weighted by Crippen LogP contribution is -2.14. The molecule has 21 heavy (non-hydrogen) atoms. The summed E-state index contributed by atoms with van der Waals surface area (Å²) in [5.41, 5.74) is 0.117. The number of hydrogen-bond donors (Lipinski definition) is 2. The number of nitrogens with one attached hydrogen (secondary N) is 1. The molecule has 0 bridgehead atoms. The van der Waals surface area contributed by atoms with Gasteiger partial charge in [0.25, 0.3) is 10.0 Å². The summed E-state index contributed by atoms with van der Waals surface area (Å²) in [4.78, 5) is 14.9. The number of sulfonamides is 1. The van der Waals surface area contributed by atoms with E-state index in [-0.39, 0.29) is 16.3 Å². The smallest absolute Gasteiger partial charge is 0.335 e. The fourth-order valence-corrected chi connectivity index (χ4v) is 3.18. The minimum atomic E-state index is -3.88. The Morgan fingerprint density at radius 1 is 1.43 bits per heavy atom. The lowest BCUT2D eigenvalue weighted by atomic mass is 10.2. The molecule has 0 aliphatic heterocycles. The van der Waals surface area contributed by atoms with E-state index in [1.54, 1.807) is 18.5 Å². The van der Waals surface area contributed by atoms with Gasteiger partial charge in [-0.3, -0.25) is 4.72 Å². The molecule has 0 fully saturated rings. The minimum Gasteiger partial charge on any atom is -0.478 e. The first-order valence-electron chi connectivity index (χ1n) is 5.76. The van der Waals surface area contributed by atoms with E-state index in [1.807, 2.05) is 0 Å². The summed E-state index contributed by atoms with van der Waals surface area (Å²) in [6.45, 7) is 1.68. The van der Waals surface area contributed by atoms with Crippen LogP contribution < -0.4 is 4.72 Å². The first-order valence-corrected chi connectivity index (χ1v) is 8.04. The normalized spacial score (nSPS) is 11.4. The molecule has 1 aromatic heterocycles. The molecule has 0 radical (unpaired) electrons. The number of aromatic carboxylic acids is 1. The van der Waals surface area contributed by atoms with Crippen molar-refractivity contribution in [3.8, 4) is 0 Å². The Labute approximate surface area is 129 Å². The van der Waals surface area contributed by atoms with Crippen LogP contribution in [0.5, 0.6) is 0 Å². The first-order chi connectivity index (χ1) is 9.70. The van der Waals surface area contributed by atoms with Crippen molar-refractivity contribution < 1.29 is 18.3 Å². The summed E-state index contributed by atoms with van der Waals surface area (Å²) in [6, 6.07) is 4.07. The molecule has 7 nitrogen and oxygen atoms in total. The largest absolute Gasteiger partial charge is 0.478 e. The second-order valence-electron chi connectivity index (χ2n) is 4.34. The maximum Gasteiger partial charge on any atom is 0.335 e. The highest BCUT2D eigenvalue weighted by molar-refractivity contribution is 9.10. The third kappa shape index (κ3) is 3.24. The van der Waals surface area contributed by atoms with Crippen LogP contribution in [0.1, 0.15) is 16.2 Å². The third-order valence-corrected chi connectivity index (χ3v) is 4.75. The van der Waals surface area contributed by atoms with Crippen LogP contribution >= 0.6 is 15.9 Å². The molecule has 2 aromatic rings. The second-order valence-corrected chi connectivity index (χ2v) is 6.83. The van der Waals surface area contributed by atoms with E-state index in [2.05, 4.69) is 25.6 Å². The number of anilines is 1. The van der Waals surface area contributed by atoms with Gasteiger partial charge in [-0.2, -0.15) is 8.42 Å². The molecule has 112 valence electrons. The number of carbonyl (C=O) groups is 1. The summed E-state index contributed by atoms with van der Waals surface area (Å²) in [6.07, 6.45) is 1.38. The second kappa shape index (κ2) is 5.49. The molecule has 0 amide bonds. The van der Waals surface area contributed by atoms with Crippen LogP contribution in [-0.2, 0) is 17.1 Å². The lowest BCUT2D eigenvalue weighted by Gasteiger charge is -2.08. The van der Waals surface area contributed by atoms with E-state index in [0.29, 0.717) is 10.3 Å². The average Bonchev–Trinajstić information content (AvgIpc) is 2.73. The number of aryl methyl sites for hydroxylation is 2. The zero-order valence-electron chi connectivity index (χ0n) is 11.2. The Kier molecular flexibility index (Phi) is 4.06. The van der Waals surface area contributed by atoms with Crippen molar-refractivity contribution in [2.45, 2.75) is 11.9 Å². The van der Waals surface area contributed by atoms with Crippen molar-refractivity contribution >= 4 is 37.6 Å². The minimum absolute atomic E-state index is 0.0203. The van der Waals surface area contributed by atoms with Gasteiger partial charge in [-0.15, -0.1) is 0 Å². The Morgan fingerprint density at radius 2 is 2.10 bits per heavy atom. The van der Waals surface area contributed by atoms with Gasteiger partial charge in [0, 0.05) is 17.7 Å². The molecule has 0 spiro atoms. The number of rotatable bonds is 4. The van der Waals surface area contributed by atoms with Crippen molar-refractivity contribution in [2.24, 2.45) is 7.05 Å². The fourth-order valence-electron chi connectivity index (χ4n) is 1.59. The van der Waals surface area contributed by atoms with Crippen molar-refractivity contribution in [1.29, 1.82) is 0 Å². The van der Waals surface area contributed by atoms with Crippen molar-refractivity contribution in [3.05, 3.63) is 40.3 Å². The van der Waals surface area contributed by atoms with E-state index in [0.717, 1.165) is 0 Å². The maximum absolute atomic E-state index is 12.2. The van der Waals surface area contributed by atoms with Gasteiger partial charge in [-0.1, -0.05) is 0 Å². The standard InChI is InChI=1S/C12H12BrN3O4S/c1-7-14-11(6-16(7)2)21(19,20)15-10-5-8(12(17)18)3-4-9(10)13/h3-6,15H,1-2H3,(H,17,18). The van der Waals surface area contributed by atoms with Crippen LogP contribution in [0.25, 0.3) is 0 Å². The molecule has 0 saturated carbocycles. The summed E-state index contributed by atoms with van der Waals surface area (Å²) in [5.74, 6) is -0.592. The van der Waals surface area contributed by atoms with Crippen molar-refractivity contribution in [3.63, 3.8) is 0 Å². The average molecular weight is 374 g/mol. The number of hydrogen-bond acceptors (Lipinski definition) is 4. The molecule has 1 aromatic carbocycles. The maximum atomic E-state index is 12.2. The topological polar surface area (TPSA) is 101 Å². The monoisotopic (exact) mass is 373 g/mol. The lowest BCUT2D eigenvalue weighted by molar-refractivity contribution is 0.0697. The number of halogens is 1. The van der Waals surface area contributed by atoms with Crippen LogP contribution in [0, 0.1) is 6.92 Å². The van der Waals surface area contributed by atoms with Gasteiger partial charge in [0.15, 0.2) is 5.03 Å². The van der Waals surface area contributed by atoms with Gasteiger partial charge in [0.05, 0.1) is 11.3 Å². The highest BCUT2D eigenvalue weighted by Gasteiger charge is 2.20. The predicted molar refractivity (Wildman–Crippen MR) is 79.9 cm³/mol. The van der Waals surface area contributed by atoms with E-state index in [1.165, 1.54) is 24.4 Å². The van der Waals surface area contributed by atoms with E-state index in [4.69, 9.17) is 5.11 Å². The van der Waals surface area contributed by atoms with Gasteiger partial charge in [0.1, 0.15) is 5.82 Å². The Hall–Kier alpha value is -1.87. The highest BCUT2D eigenvalue weighted by Crippen LogP contribution is 2.26. The number of imidazole rings is 1. The molecule has 0 saturated heterocycles. The molecule has 2 rings (SSSR count). The summed E-state index contributed by atoms with van der Waals surface area (Å²) < 4.78 is 28.8. The number of aromatic nitrogens is 2. The molecule has 2 N–H and O–H groups in total. The fraction of sp³-hybridized carbons (Fsp3) is 0.167.